The van der Waals surface area contributed by atoms with Gasteiger partial charge in [0.05, 0.1) is 24.7 Å². The van der Waals surface area contributed by atoms with Crippen LogP contribution in [0.2, 0.25) is 5.02 Å². The summed E-state index contributed by atoms with van der Waals surface area (Å²) in [4.78, 5) is 12.7. The van der Waals surface area contributed by atoms with Crippen molar-refractivity contribution in [1.29, 1.82) is 0 Å². The summed E-state index contributed by atoms with van der Waals surface area (Å²) in [5.74, 6) is 0.537. The van der Waals surface area contributed by atoms with Crippen LogP contribution in [0.5, 0.6) is 11.5 Å². The van der Waals surface area contributed by atoms with E-state index in [2.05, 4.69) is 5.32 Å². The van der Waals surface area contributed by atoms with E-state index in [9.17, 15) is 9.18 Å². The number of carbonyl (C=O) groups excluding carboxylic acids is 1. The number of ether oxygens (including phenoxy) is 2. The van der Waals surface area contributed by atoms with Crippen LogP contribution >= 0.6 is 11.6 Å². The van der Waals surface area contributed by atoms with E-state index in [1.165, 1.54) is 18.2 Å². The van der Waals surface area contributed by atoms with Gasteiger partial charge < -0.3 is 14.8 Å². The largest absolute Gasteiger partial charge is 0.493 e. The van der Waals surface area contributed by atoms with E-state index in [4.69, 9.17) is 21.1 Å². The predicted molar refractivity (Wildman–Crippen MR) is 90.5 cm³/mol. The van der Waals surface area contributed by atoms with Crippen molar-refractivity contribution < 1.29 is 18.7 Å². The molecule has 0 radical (unpaired) electrons. The standard InChI is InChI=1S/C18H17ClFNO3/c1-23-15-6-3-11(9-16(15)24-2)18(7-8-18)17(22)21-12-4-5-14(20)13(19)10-12/h3-6,9-10H,7-8H2,1-2H3,(H,21,22). The molecular formula is C18H17ClFNO3. The van der Waals surface area contributed by atoms with Gasteiger partial charge in [0.2, 0.25) is 5.91 Å². The molecule has 0 saturated heterocycles. The fourth-order valence-corrected chi connectivity index (χ4v) is 2.91. The molecule has 126 valence electrons. The number of anilines is 1. The fraction of sp³-hybridized carbons (Fsp3) is 0.278. The number of amides is 1. The number of halogens is 2. The zero-order valence-corrected chi connectivity index (χ0v) is 14.1. The van der Waals surface area contributed by atoms with E-state index in [0.717, 1.165) is 18.4 Å². The number of benzene rings is 2. The SMILES string of the molecule is COc1ccc(C2(C(=O)Nc3ccc(F)c(Cl)c3)CC2)cc1OC. The normalized spacial score (nSPS) is 14.8. The molecule has 1 N–H and O–H groups in total. The van der Waals surface area contributed by atoms with Crippen LogP contribution in [0.1, 0.15) is 18.4 Å². The van der Waals surface area contributed by atoms with Crippen molar-refractivity contribution >= 4 is 23.2 Å². The Hall–Kier alpha value is -2.27. The summed E-state index contributed by atoms with van der Waals surface area (Å²) in [5, 5.41) is 2.79. The predicted octanol–water partition coefficient (Wildman–Crippen LogP) is 4.17. The van der Waals surface area contributed by atoms with Gasteiger partial charge in [-0.3, -0.25) is 4.79 Å². The van der Waals surface area contributed by atoms with E-state index in [1.807, 2.05) is 12.1 Å². The third-order valence-corrected chi connectivity index (χ3v) is 4.59. The molecule has 4 nitrogen and oxygen atoms in total. The number of nitrogens with one attached hydrogen (secondary N) is 1. The molecule has 6 heteroatoms. The lowest BCUT2D eigenvalue weighted by Gasteiger charge is -2.18. The molecular weight excluding hydrogens is 333 g/mol. The van der Waals surface area contributed by atoms with E-state index < -0.39 is 11.2 Å². The second-order valence-corrected chi connectivity index (χ2v) is 6.14. The summed E-state index contributed by atoms with van der Waals surface area (Å²) in [6.07, 6.45) is 1.48. The van der Waals surface area contributed by atoms with Crippen molar-refractivity contribution in [3.8, 4) is 11.5 Å². The second kappa shape index (κ2) is 6.32. The number of carbonyl (C=O) groups is 1. The minimum Gasteiger partial charge on any atom is -0.493 e. The summed E-state index contributed by atoms with van der Waals surface area (Å²) in [7, 11) is 3.12. The van der Waals surface area contributed by atoms with Gasteiger partial charge in [-0.05, 0) is 48.7 Å². The van der Waals surface area contributed by atoms with Crippen molar-refractivity contribution in [3.63, 3.8) is 0 Å². The fourth-order valence-electron chi connectivity index (χ4n) is 2.73. The molecule has 0 spiro atoms. The molecule has 0 aliphatic heterocycles. The molecule has 0 heterocycles. The molecule has 0 unspecified atom stereocenters. The summed E-state index contributed by atoms with van der Waals surface area (Å²) in [5.41, 5.74) is 0.740. The minimum absolute atomic E-state index is 0.0243. The number of hydrogen-bond acceptors (Lipinski definition) is 3. The lowest BCUT2D eigenvalue weighted by Crippen LogP contribution is -2.27. The van der Waals surface area contributed by atoms with E-state index in [0.29, 0.717) is 17.2 Å². The highest BCUT2D eigenvalue weighted by molar-refractivity contribution is 6.31. The van der Waals surface area contributed by atoms with Crippen LogP contribution in [-0.2, 0) is 10.2 Å². The summed E-state index contributed by atoms with van der Waals surface area (Å²) >= 11 is 5.76. The van der Waals surface area contributed by atoms with Gasteiger partial charge in [-0.1, -0.05) is 17.7 Å². The summed E-state index contributed by atoms with van der Waals surface area (Å²) in [6, 6.07) is 9.60. The van der Waals surface area contributed by atoms with Crippen LogP contribution in [0.15, 0.2) is 36.4 Å². The molecule has 1 aliphatic rings. The molecule has 0 atom stereocenters. The summed E-state index contributed by atoms with van der Waals surface area (Å²) in [6.45, 7) is 0. The third-order valence-electron chi connectivity index (χ3n) is 4.30. The van der Waals surface area contributed by atoms with Crippen molar-refractivity contribution in [2.75, 3.05) is 19.5 Å². The van der Waals surface area contributed by atoms with Gasteiger partial charge in [0, 0.05) is 5.69 Å². The highest BCUT2D eigenvalue weighted by atomic mass is 35.5. The third kappa shape index (κ3) is 2.91. The molecule has 2 aromatic rings. The maximum Gasteiger partial charge on any atom is 0.235 e. The highest BCUT2D eigenvalue weighted by Crippen LogP contribution is 2.50. The Morgan fingerprint density at radius 1 is 1.12 bits per heavy atom. The Kier molecular flexibility index (Phi) is 4.37. The zero-order valence-electron chi connectivity index (χ0n) is 13.4. The molecule has 2 aromatic carbocycles. The monoisotopic (exact) mass is 349 g/mol. The average molecular weight is 350 g/mol. The quantitative estimate of drug-likeness (QED) is 0.881. The van der Waals surface area contributed by atoms with Gasteiger partial charge in [0.15, 0.2) is 11.5 Å². The van der Waals surface area contributed by atoms with Gasteiger partial charge in [0.1, 0.15) is 5.82 Å². The van der Waals surface area contributed by atoms with E-state index in [-0.39, 0.29) is 10.9 Å². The Morgan fingerprint density at radius 3 is 2.42 bits per heavy atom. The molecule has 1 aliphatic carbocycles. The molecule has 24 heavy (non-hydrogen) atoms. The van der Waals surface area contributed by atoms with Crippen LogP contribution in [-0.4, -0.2) is 20.1 Å². The highest BCUT2D eigenvalue weighted by Gasteiger charge is 2.51. The molecule has 3 rings (SSSR count). The number of rotatable bonds is 5. The second-order valence-electron chi connectivity index (χ2n) is 5.73. The van der Waals surface area contributed by atoms with Crippen LogP contribution < -0.4 is 14.8 Å². The van der Waals surface area contributed by atoms with Crippen LogP contribution in [0, 0.1) is 5.82 Å². The van der Waals surface area contributed by atoms with Crippen LogP contribution in [0.4, 0.5) is 10.1 Å². The van der Waals surface area contributed by atoms with Gasteiger partial charge in [0.25, 0.3) is 0 Å². The summed E-state index contributed by atoms with van der Waals surface area (Å²) < 4.78 is 23.8. The van der Waals surface area contributed by atoms with Gasteiger partial charge in [-0.2, -0.15) is 0 Å². The first kappa shape index (κ1) is 16.6. The lowest BCUT2D eigenvalue weighted by molar-refractivity contribution is -0.118. The number of hydrogen-bond donors (Lipinski definition) is 1. The van der Waals surface area contributed by atoms with Gasteiger partial charge >= 0.3 is 0 Å². The Labute approximate surface area is 144 Å². The zero-order chi connectivity index (χ0) is 17.3. The molecule has 0 aromatic heterocycles. The van der Waals surface area contributed by atoms with E-state index in [1.54, 1.807) is 20.3 Å². The smallest absolute Gasteiger partial charge is 0.235 e. The lowest BCUT2D eigenvalue weighted by atomic mass is 9.94. The van der Waals surface area contributed by atoms with Crippen LogP contribution in [0.25, 0.3) is 0 Å². The van der Waals surface area contributed by atoms with Gasteiger partial charge in [-0.25, -0.2) is 4.39 Å². The number of methoxy groups -OCH3 is 2. The molecule has 1 fully saturated rings. The molecule has 0 bridgehead atoms. The first-order chi connectivity index (χ1) is 11.5. The Bertz CT molecular complexity index is 790. The van der Waals surface area contributed by atoms with Gasteiger partial charge in [-0.15, -0.1) is 0 Å². The van der Waals surface area contributed by atoms with E-state index >= 15 is 0 Å². The maximum absolute atomic E-state index is 13.2. The van der Waals surface area contributed by atoms with Crippen molar-refractivity contribution in [1.82, 2.24) is 0 Å². The molecule has 1 saturated carbocycles. The first-order valence-electron chi connectivity index (χ1n) is 7.49. The van der Waals surface area contributed by atoms with Crippen LogP contribution in [0.3, 0.4) is 0 Å². The minimum atomic E-state index is -0.597. The Morgan fingerprint density at radius 2 is 1.83 bits per heavy atom. The van der Waals surface area contributed by atoms with Crippen molar-refractivity contribution in [2.45, 2.75) is 18.3 Å². The Balaban J connectivity index is 1.85. The maximum atomic E-state index is 13.2. The molecule has 1 amide bonds. The first-order valence-corrected chi connectivity index (χ1v) is 7.87. The average Bonchev–Trinajstić information content (AvgIpc) is 3.39. The van der Waals surface area contributed by atoms with Crippen molar-refractivity contribution in [2.24, 2.45) is 0 Å². The van der Waals surface area contributed by atoms with Crippen molar-refractivity contribution in [3.05, 3.63) is 52.8 Å². The topological polar surface area (TPSA) is 47.6 Å².